The molecule has 0 aliphatic carbocycles. The lowest BCUT2D eigenvalue weighted by atomic mass is 10.1. The van der Waals surface area contributed by atoms with Gasteiger partial charge in [-0.3, -0.25) is 0 Å². The average Bonchev–Trinajstić information content (AvgIpc) is 2.23. The zero-order chi connectivity index (χ0) is 10.3. The van der Waals surface area contributed by atoms with Gasteiger partial charge in [-0.25, -0.2) is 0 Å². The second-order valence-corrected chi connectivity index (χ2v) is 4.77. The maximum Gasteiger partial charge on any atom is 0.0826 e. The van der Waals surface area contributed by atoms with Crippen molar-refractivity contribution in [3.05, 3.63) is 0 Å². The van der Waals surface area contributed by atoms with E-state index in [4.69, 9.17) is 4.74 Å². The molecule has 0 aromatic rings. The third-order valence-corrected chi connectivity index (χ3v) is 3.41. The molecule has 1 unspecified atom stereocenters. The molecule has 2 heterocycles. The Morgan fingerprint density at radius 2 is 1.80 bits per heavy atom. The summed E-state index contributed by atoms with van der Waals surface area (Å²) in [6.45, 7) is 6.64. The molecular formula is C12H24N2O. The third-order valence-electron chi connectivity index (χ3n) is 3.41. The lowest BCUT2D eigenvalue weighted by Crippen LogP contribution is -2.45. The first kappa shape index (κ1) is 11.4. The van der Waals surface area contributed by atoms with Crippen LogP contribution < -0.4 is 5.32 Å². The quantitative estimate of drug-likeness (QED) is 0.745. The van der Waals surface area contributed by atoms with E-state index in [0.29, 0.717) is 6.10 Å². The van der Waals surface area contributed by atoms with Crippen LogP contribution in [0.4, 0.5) is 0 Å². The van der Waals surface area contributed by atoms with E-state index >= 15 is 0 Å². The van der Waals surface area contributed by atoms with Gasteiger partial charge < -0.3 is 15.0 Å². The Bertz CT molecular complexity index is 161. The number of nitrogens with zero attached hydrogens (tertiary/aromatic N) is 1. The molecule has 2 fully saturated rings. The van der Waals surface area contributed by atoms with Crippen LogP contribution in [0.5, 0.6) is 0 Å². The highest BCUT2D eigenvalue weighted by Gasteiger charge is 2.17. The number of morpholine rings is 1. The van der Waals surface area contributed by atoms with Crippen LogP contribution in [0, 0.1) is 0 Å². The maximum atomic E-state index is 5.75. The highest BCUT2D eigenvalue weighted by Crippen LogP contribution is 2.11. The minimum Gasteiger partial charge on any atom is -0.374 e. The minimum atomic E-state index is 0.429. The first-order chi connectivity index (χ1) is 7.45. The number of likely N-dealkylation sites (tertiary alicyclic amines) is 1. The van der Waals surface area contributed by atoms with Crippen molar-refractivity contribution in [1.29, 1.82) is 0 Å². The summed E-state index contributed by atoms with van der Waals surface area (Å²) in [6, 6.07) is 0. The minimum absolute atomic E-state index is 0.429. The van der Waals surface area contributed by atoms with Gasteiger partial charge in [0, 0.05) is 19.6 Å². The van der Waals surface area contributed by atoms with E-state index in [2.05, 4.69) is 10.2 Å². The van der Waals surface area contributed by atoms with E-state index < -0.39 is 0 Å². The molecule has 15 heavy (non-hydrogen) atoms. The van der Waals surface area contributed by atoms with E-state index in [1.807, 2.05) is 0 Å². The summed E-state index contributed by atoms with van der Waals surface area (Å²) in [5.41, 5.74) is 0. The topological polar surface area (TPSA) is 24.5 Å². The zero-order valence-electron chi connectivity index (χ0n) is 9.71. The van der Waals surface area contributed by atoms with Gasteiger partial charge >= 0.3 is 0 Å². The summed E-state index contributed by atoms with van der Waals surface area (Å²) < 4.78 is 5.75. The molecule has 0 amide bonds. The molecule has 1 N–H and O–H groups in total. The van der Waals surface area contributed by atoms with Crippen LogP contribution in [-0.4, -0.2) is 50.3 Å². The molecular weight excluding hydrogens is 188 g/mol. The van der Waals surface area contributed by atoms with E-state index in [9.17, 15) is 0 Å². The number of hydrogen-bond donors (Lipinski definition) is 1. The summed E-state index contributed by atoms with van der Waals surface area (Å²) in [7, 11) is 0. The van der Waals surface area contributed by atoms with Crippen molar-refractivity contribution in [1.82, 2.24) is 10.2 Å². The van der Waals surface area contributed by atoms with Crippen molar-refractivity contribution >= 4 is 0 Å². The lowest BCUT2D eigenvalue weighted by Gasteiger charge is -2.31. The molecule has 0 saturated carbocycles. The zero-order valence-corrected chi connectivity index (χ0v) is 9.71. The Labute approximate surface area is 93.2 Å². The van der Waals surface area contributed by atoms with Crippen molar-refractivity contribution in [2.24, 2.45) is 0 Å². The molecule has 2 aliphatic heterocycles. The highest BCUT2D eigenvalue weighted by molar-refractivity contribution is 4.73. The summed E-state index contributed by atoms with van der Waals surface area (Å²) in [6.07, 6.45) is 7.45. The summed E-state index contributed by atoms with van der Waals surface area (Å²) in [5.74, 6) is 0. The van der Waals surface area contributed by atoms with E-state index in [-0.39, 0.29) is 0 Å². The van der Waals surface area contributed by atoms with E-state index in [0.717, 1.165) is 26.2 Å². The van der Waals surface area contributed by atoms with E-state index in [1.165, 1.54) is 45.2 Å². The molecule has 0 bridgehead atoms. The van der Waals surface area contributed by atoms with Gasteiger partial charge in [-0.15, -0.1) is 0 Å². The van der Waals surface area contributed by atoms with Crippen LogP contribution in [0.2, 0.25) is 0 Å². The number of nitrogens with one attached hydrogen (secondary N) is 1. The fourth-order valence-corrected chi connectivity index (χ4v) is 2.52. The molecule has 0 aromatic carbocycles. The number of ether oxygens (including phenoxy) is 1. The lowest BCUT2D eigenvalue weighted by molar-refractivity contribution is 0.00428. The molecule has 88 valence electrons. The van der Waals surface area contributed by atoms with Gasteiger partial charge in [0.25, 0.3) is 0 Å². The monoisotopic (exact) mass is 212 g/mol. The Hall–Kier alpha value is -0.120. The van der Waals surface area contributed by atoms with E-state index in [1.54, 1.807) is 0 Å². The Morgan fingerprint density at radius 3 is 2.47 bits per heavy atom. The fourth-order valence-electron chi connectivity index (χ4n) is 2.52. The van der Waals surface area contributed by atoms with Crippen molar-refractivity contribution < 1.29 is 4.74 Å². The van der Waals surface area contributed by atoms with Crippen molar-refractivity contribution in [2.45, 2.75) is 38.2 Å². The van der Waals surface area contributed by atoms with Crippen molar-refractivity contribution in [3.63, 3.8) is 0 Å². The summed E-state index contributed by atoms with van der Waals surface area (Å²) >= 11 is 0. The molecule has 2 rings (SSSR count). The molecule has 0 spiro atoms. The molecule has 2 saturated heterocycles. The Balaban J connectivity index is 1.70. The first-order valence-corrected chi connectivity index (χ1v) is 6.50. The predicted molar refractivity (Wildman–Crippen MR) is 62.1 cm³/mol. The SMILES string of the molecule is C1CCCN(CC2CNCCO2)CCC1. The maximum absolute atomic E-state index is 5.75. The Morgan fingerprint density at radius 1 is 1.07 bits per heavy atom. The van der Waals surface area contributed by atoms with Gasteiger partial charge in [0.05, 0.1) is 12.7 Å². The molecule has 2 aliphatic rings. The van der Waals surface area contributed by atoms with Gasteiger partial charge in [0.1, 0.15) is 0 Å². The Kier molecular flexibility index (Phi) is 4.90. The van der Waals surface area contributed by atoms with Crippen LogP contribution in [0.1, 0.15) is 32.1 Å². The highest BCUT2D eigenvalue weighted by atomic mass is 16.5. The van der Waals surface area contributed by atoms with Crippen molar-refractivity contribution in [3.8, 4) is 0 Å². The fraction of sp³-hybridized carbons (Fsp3) is 1.00. The van der Waals surface area contributed by atoms with Gasteiger partial charge in [0.2, 0.25) is 0 Å². The van der Waals surface area contributed by atoms with Crippen LogP contribution in [0.25, 0.3) is 0 Å². The van der Waals surface area contributed by atoms with Crippen LogP contribution in [-0.2, 0) is 4.74 Å². The second-order valence-electron chi connectivity index (χ2n) is 4.77. The van der Waals surface area contributed by atoms with Gasteiger partial charge in [-0.1, -0.05) is 19.3 Å². The molecule has 1 atom stereocenters. The third kappa shape index (κ3) is 4.09. The standard InChI is InChI=1S/C12H24N2O/c1-2-4-7-14(8-5-3-1)11-12-10-13-6-9-15-12/h12-13H,1-11H2. The van der Waals surface area contributed by atoms with Crippen LogP contribution >= 0.6 is 0 Å². The molecule has 0 radical (unpaired) electrons. The van der Waals surface area contributed by atoms with Gasteiger partial charge in [0.15, 0.2) is 0 Å². The second kappa shape index (κ2) is 6.46. The molecule has 3 nitrogen and oxygen atoms in total. The van der Waals surface area contributed by atoms with Gasteiger partial charge in [-0.2, -0.15) is 0 Å². The number of hydrogen-bond acceptors (Lipinski definition) is 3. The average molecular weight is 212 g/mol. The first-order valence-electron chi connectivity index (χ1n) is 6.50. The summed E-state index contributed by atoms with van der Waals surface area (Å²) in [4.78, 5) is 2.59. The largest absolute Gasteiger partial charge is 0.374 e. The normalized spacial score (nSPS) is 30.8. The molecule has 3 heteroatoms. The molecule has 0 aromatic heterocycles. The smallest absolute Gasteiger partial charge is 0.0826 e. The number of rotatable bonds is 2. The van der Waals surface area contributed by atoms with Crippen LogP contribution in [0.3, 0.4) is 0 Å². The predicted octanol–water partition coefficient (Wildman–Crippen LogP) is 1.24. The van der Waals surface area contributed by atoms with Crippen LogP contribution in [0.15, 0.2) is 0 Å². The summed E-state index contributed by atoms with van der Waals surface area (Å²) in [5, 5.41) is 3.40. The van der Waals surface area contributed by atoms with Crippen molar-refractivity contribution in [2.75, 3.05) is 39.3 Å². The van der Waals surface area contributed by atoms with Gasteiger partial charge in [-0.05, 0) is 25.9 Å².